The van der Waals surface area contributed by atoms with Gasteiger partial charge >= 0.3 is 5.69 Å². The van der Waals surface area contributed by atoms with E-state index in [0.717, 1.165) is 0 Å². The van der Waals surface area contributed by atoms with E-state index in [0.29, 0.717) is 31.2 Å². The van der Waals surface area contributed by atoms with E-state index >= 15 is 0 Å². The van der Waals surface area contributed by atoms with Gasteiger partial charge in [0.05, 0.1) is 4.92 Å². The van der Waals surface area contributed by atoms with Gasteiger partial charge < -0.3 is 10.2 Å². The molecule has 1 N–H and O–H groups in total. The lowest BCUT2D eigenvalue weighted by atomic mass is 10.1. The van der Waals surface area contributed by atoms with Gasteiger partial charge in [0, 0.05) is 19.6 Å². The molecule has 0 spiro atoms. The predicted octanol–water partition coefficient (Wildman–Crippen LogP) is 3.14. The molecule has 1 rings (SSSR count). The van der Waals surface area contributed by atoms with Gasteiger partial charge in [-0.1, -0.05) is 19.9 Å². The number of benzene rings is 1. The number of carbonyl (C=O) groups is 1. The quantitative estimate of drug-likeness (QED) is 0.619. The van der Waals surface area contributed by atoms with Crippen LogP contribution in [0.25, 0.3) is 0 Å². The first-order valence-electron chi connectivity index (χ1n) is 7.22. The van der Waals surface area contributed by atoms with Crippen molar-refractivity contribution >= 4 is 17.3 Å². The van der Waals surface area contributed by atoms with E-state index < -0.39 is 4.92 Å². The van der Waals surface area contributed by atoms with Crippen LogP contribution in [0.3, 0.4) is 0 Å². The van der Waals surface area contributed by atoms with Gasteiger partial charge in [0.1, 0.15) is 11.3 Å². The molecule has 6 heteroatoms. The molecule has 0 unspecified atom stereocenters. The van der Waals surface area contributed by atoms with E-state index in [4.69, 9.17) is 0 Å². The van der Waals surface area contributed by atoms with Crippen LogP contribution in [-0.2, 0) is 0 Å². The average molecular weight is 293 g/mol. The predicted molar refractivity (Wildman–Crippen MR) is 83.7 cm³/mol. The number of anilines is 1. The van der Waals surface area contributed by atoms with Crippen molar-refractivity contribution in [2.75, 3.05) is 25.0 Å². The highest BCUT2D eigenvalue weighted by Gasteiger charge is 2.27. The Kier molecular flexibility index (Phi) is 6.14. The maximum Gasteiger partial charge on any atom is 0.305 e. The lowest BCUT2D eigenvalue weighted by molar-refractivity contribution is -0.384. The second kappa shape index (κ2) is 7.61. The summed E-state index contributed by atoms with van der Waals surface area (Å²) >= 11 is 0. The summed E-state index contributed by atoms with van der Waals surface area (Å²) < 4.78 is 0. The van der Waals surface area contributed by atoms with E-state index in [2.05, 4.69) is 5.32 Å². The molecule has 0 radical (unpaired) electrons. The molecule has 1 aromatic carbocycles. The summed E-state index contributed by atoms with van der Waals surface area (Å²) in [5.74, 6) is 0.0163. The fraction of sp³-hybridized carbons (Fsp3) is 0.533. The standard InChI is InChI=1S/C15H23N3O3/c1-5-16-13-9-7-8-12(14(13)18(20)21)15(19)17(6-2)10-11(3)4/h7-9,11,16H,5-6,10H2,1-4H3. The first-order valence-corrected chi connectivity index (χ1v) is 7.22. The Morgan fingerprint density at radius 2 is 2.05 bits per heavy atom. The summed E-state index contributed by atoms with van der Waals surface area (Å²) in [6.45, 7) is 9.42. The van der Waals surface area contributed by atoms with Crippen LogP contribution >= 0.6 is 0 Å². The average Bonchev–Trinajstić information content (AvgIpc) is 2.43. The van der Waals surface area contributed by atoms with Crippen LogP contribution < -0.4 is 5.32 Å². The highest BCUT2D eigenvalue weighted by Crippen LogP contribution is 2.29. The summed E-state index contributed by atoms with van der Waals surface area (Å²) in [4.78, 5) is 25.1. The number of amides is 1. The maximum atomic E-state index is 12.6. The normalized spacial score (nSPS) is 10.5. The van der Waals surface area contributed by atoms with Crippen molar-refractivity contribution in [1.29, 1.82) is 0 Å². The van der Waals surface area contributed by atoms with Crippen molar-refractivity contribution in [2.24, 2.45) is 5.92 Å². The molecule has 116 valence electrons. The van der Waals surface area contributed by atoms with E-state index in [1.807, 2.05) is 27.7 Å². The monoisotopic (exact) mass is 293 g/mol. The second-order valence-electron chi connectivity index (χ2n) is 5.23. The number of hydrogen-bond acceptors (Lipinski definition) is 4. The fourth-order valence-electron chi connectivity index (χ4n) is 2.21. The zero-order valence-electron chi connectivity index (χ0n) is 13.0. The smallest absolute Gasteiger partial charge is 0.305 e. The molecule has 0 aliphatic heterocycles. The molecule has 0 saturated carbocycles. The SMILES string of the molecule is CCNc1cccc(C(=O)N(CC)CC(C)C)c1[N+](=O)[O-]. The number of nitrogens with zero attached hydrogens (tertiary/aromatic N) is 2. The number of rotatable bonds is 7. The van der Waals surface area contributed by atoms with E-state index in [-0.39, 0.29) is 17.2 Å². The highest BCUT2D eigenvalue weighted by atomic mass is 16.6. The minimum atomic E-state index is -0.492. The van der Waals surface area contributed by atoms with Crippen molar-refractivity contribution in [3.63, 3.8) is 0 Å². The Hall–Kier alpha value is -2.11. The summed E-state index contributed by atoms with van der Waals surface area (Å²) in [7, 11) is 0. The van der Waals surface area contributed by atoms with Crippen molar-refractivity contribution in [1.82, 2.24) is 4.90 Å². The van der Waals surface area contributed by atoms with Gasteiger partial charge in [-0.2, -0.15) is 0 Å². The summed E-state index contributed by atoms with van der Waals surface area (Å²) in [6, 6.07) is 4.81. The molecule has 0 saturated heterocycles. The Morgan fingerprint density at radius 3 is 2.52 bits per heavy atom. The molecule has 1 aromatic rings. The van der Waals surface area contributed by atoms with Gasteiger partial charge in [0.15, 0.2) is 0 Å². The molecule has 0 fully saturated rings. The summed E-state index contributed by atoms with van der Waals surface area (Å²) in [5, 5.41) is 14.3. The zero-order valence-corrected chi connectivity index (χ0v) is 13.0. The molecular formula is C15H23N3O3. The summed E-state index contributed by atoms with van der Waals surface area (Å²) in [6.07, 6.45) is 0. The van der Waals surface area contributed by atoms with Gasteiger partial charge in [-0.15, -0.1) is 0 Å². The zero-order chi connectivity index (χ0) is 16.0. The number of carbonyl (C=O) groups excluding carboxylic acids is 1. The fourth-order valence-corrected chi connectivity index (χ4v) is 2.21. The molecule has 0 aliphatic rings. The first kappa shape index (κ1) is 16.9. The van der Waals surface area contributed by atoms with Crippen LogP contribution in [0.4, 0.5) is 11.4 Å². The third-order valence-corrected chi connectivity index (χ3v) is 3.07. The number of nitro benzene ring substituents is 1. The van der Waals surface area contributed by atoms with Crippen LogP contribution in [0.15, 0.2) is 18.2 Å². The number of hydrogen-bond donors (Lipinski definition) is 1. The third-order valence-electron chi connectivity index (χ3n) is 3.07. The molecule has 0 aliphatic carbocycles. The van der Waals surface area contributed by atoms with Crippen molar-refractivity contribution in [3.8, 4) is 0 Å². The van der Waals surface area contributed by atoms with E-state index in [1.54, 1.807) is 17.0 Å². The molecule has 0 aromatic heterocycles. The molecule has 0 bridgehead atoms. The van der Waals surface area contributed by atoms with Gasteiger partial charge in [-0.3, -0.25) is 14.9 Å². The second-order valence-corrected chi connectivity index (χ2v) is 5.23. The van der Waals surface area contributed by atoms with Crippen molar-refractivity contribution < 1.29 is 9.72 Å². The Balaban J connectivity index is 3.24. The molecule has 1 amide bonds. The van der Waals surface area contributed by atoms with Crippen molar-refractivity contribution in [2.45, 2.75) is 27.7 Å². The van der Waals surface area contributed by atoms with Gasteiger partial charge in [-0.25, -0.2) is 0 Å². The van der Waals surface area contributed by atoms with Crippen LogP contribution in [0.2, 0.25) is 0 Å². The third kappa shape index (κ3) is 4.18. The lowest BCUT2D eigenvalue weighted by Gasteiger charge is -2.23. The molecule has 0 heterocycles. The van der Waals surface area contributed by atoms with Crippen molar-refractivity contribution in [3.05, 3.63) is 33.9 Å². The van der Waals surface area contributed by atoms with Crippen LogP contribution in [-0.4, -0.2) is 35.4 Å². The Morgan fingerprint density at radius 1 is 1.38 bits per heavy atom. The molecule has 0 atom stereocenters. The Bertz CT molecular complexity index is 515. The van der Waals surface area contributed by atoms with Crippen LogP contribution in [0.5, 0.6) is 0 Å². The maximum absolute atomic E-state index is 12.6. The minimum Gasteiger partial charge on any atom is -0.380 e. The lowest BCUT2D eigenvalue weighted by Crippen LogP contribution is -2.34. The van der Waals surface area contributed by atoms with Gasteiger partial charge in [-0.05, 0) is 31.9 Å². The molecule has 6 nitrogen and oxygen atoms in total. The summed E-state index contributed by atoms with van der Waals surface area (Å²) in [5.41, 5.74) is 0.376. The van der Waals surface area contributed by atoms with Gasteiger partial charge in [0.2, 0.25) is 0 Å². The van der Waals surface area contributed by atoms with E-state index in [9.17, 15) is 14.9 Å². The minimum absolute atomic E-state index is 0.140. The van der Waals surface area contributed by atoms with E-state index in [1.165, 1.54) is 6.07 Å². The topological polar surface area (TPSA) is 75.5 Å². The van der Waals surface area contributed by atoms with Crippen LogP contribution in [0, 0.1) is 16.0 Å². The largest absolute Gasteiger partial charge is 0.380 e. The Labute approximate surface area is 125 Å². The number of nitro groups is 1. The van der Waals surface area contributed by atoms with Crippen LogP contribution in [0.1, 0.15) is 38.1 Å². The first-order chi connectivity index (χ1) is 9.92. The molecule has 21 heavy (non-hydrogen) atoms. The molecular weight excluding hydrogens is 270 g/mol. The highest BCUT2D eigenvalue weighted by molar-refractivity contribution is 6.00. The number of nitrogens with one attached hydrogen (secondary N) is 1. The number of para-hydroxylation sites is 1. The van der Waals surface area contributed by atoms with Gasteiger partial charge in [0.25, 0.3) is 5.91 Å².